The van der Waals surface area contributed by atoms with E-state index in [2.05, 4.69) is 0 Å². The Kier molecular flexibility index (Phi) is 3.26. The second-order valence-corrected chi connectivity index (χ2v) is 4.67. The van der Waals surface area contributed by atoms with Gasteiger partial charge in [-0.1, -0.05) is 29.3 Å². The first-order valence-electron chi connectivity index (χ1n) is 5.04. The van der Waals surface area contributed by atoms with Gasteiger partial charge in [-0.2, -0.15) is 0 Å². The number of benzene rings is 1. The number of hydrogen-bond acceptors (Lipinski definition) is 2. The lowest BCUT2D eigenvalue weighted by atomic mass is 10.1. The molecular weight excluding hydrogens is 263 g/mol. The van der Waals surface area contributed by atoms with Crippen molar-refractivity contribution in [3.8, 4) is 0 Å². The standard InChI is InChI=1S/C11H10Cl2N2O2/c12-7-2-1-3-8(10(7)13)15-5-6(11(14)17)4-9(15)16/h1-3,6H,4-5H2,(H2,14,17). The SMILES string of the molecule is NC(=O)C1CC(=O)N(c2cccc(Cl)c2Cl)C1. The molecule has 1 heterocycles. The van der Waals surface area contributed by atoms with Crippen molar-refractivity contribution in [2.45, 2.75) is 6.42 Å². The minimum Gasteiger partial charge on any atom is -0.369 e. The van der Waals surface area contributed by atoms with Crippen LogP contribution in [0.3, 0.4) is 0 Å². The van der Waals surface area contributed by atoms with E-state index in [1.54, 1.807) is 18.2 Å². The van der Waals surface area contributed by atoms with Gasteiger partial charge < -0.3 is 10.6 Å². The van der Waals surface area contributed by atoms with Gasteiger partial charge in [0.2, 0.25) is 11.8 Å². The number of rotatable bonds is 2. The second kappa shape index (κ2) is 4.55. The van der Waals surface area contributed by atoms with Gasteiger partial charge in [0, 0.05) is 13.0 Å². The fourth-order valence-electron chi connectivity index (χ4n) is 1.83. The average molecular weight is 273 g/mol. The average Bonchev–Trinajstić information content (AvgIpc) is 2.65. The van der Waals surface area contributed by atoms with Gasteiger partial charge >= 0.3 is 0 Å². The van der Waals surface area contributed by atoms with Crippen LogP contribution < -0.4 is 10.6 Å². The molecule has 1 atom stereocenters. The molecule has 0 aromatic heterocycles. The predicted molar refractivity (Wildman–Crippen MR) is 66.1 cm³/mol. The molecule has 0 radical (unpaired) electrons. The highest BCUT2D eigenvalue weighted by atomic mass is 35.5. The molecule has 0 bridgehead atoms. The number of primary amides is 1. The van der Waals surface area contributed by atoms with Gasteiger partial charge in [-0.25, -0.2) is 0 Å². The minimum absolute atomic E-state index is 0.123. The molecule has 0 aliphatic carbocycles. The van der Waals surface area contributed by atoms with Crippen LogP contribution in [-0.2, 0) is 9.59 Å². The summed E-state index contributed by atoms with van der Waals surface area (Å²) >= 11 is 11.9. The van der Waals surface area contributed by atoms with Gasteiger partial charge in [-0.3, -0.25) is 9.59 Å². The molecule has 6 heteroatoms. The predicted octanol–water partition coefficient (Wildman–Crippen LogP) is 1.83. The molecule has 0 saturated carbocycles. The Morgan fingerprint density at radius 3 is 2.71 bits per heavy atom. The number of halogens is 2. The molecule has 2 N–H and O–H groups in total. The molecule has 1 saturated heterocycles. The number of amides is 2. The van der Waals surface area contributed by atoms with Crippen LogP contribution in [0.2, 0.25) is 10.0 Å². The molecule has 0 spiro atoms. The number of carbonyl (C=O) groups excluding carboxylic acids is 2. The summed E-state index contributed by atoms with van der Waals surface area (Å²) in [4.78, 5) is 24.3. The van der Waals surface area contributed by atoms with Crippen LogP contribution in [-0.4, -0.2) is 18.4 Å². The quantitative estimate of drug-likeness (QED) is 0.893. The third-order valence-corrected chi connectivity index (χ3v) is 3.56. The zero-order chi connectivity index (χ0) is 12.6. The van der Waals surface area contributed by atoms with Gasteiger partial charge in [-0.15, -0.1) is 0 Å². The lowest BCUT2D eigenvalue weighted by molar-refractivity contribution is -0.123. The molecule has 2 rings (SSSR count). The third-order valence-electron chi connectivity index (χ3n) is 2.75. The van der Waals surface area contributed by atoms with Gasteiger partial charge in [0.05, 0.1) is 21.7 Å². The maximum atomic E-state index is 11.8. The fraction of sp³-hybridized carbons (Fsp3) is 0.273. The maximum Gasteiger partial charge on any atom is 0.227 e. The molecule has 1 aromatic rings. The Balaban J connectivity index is 2.32. The van der Waals surface area contributed by atoms with Gasteiger partial charge in [0.1, 0.15) is 0 Å². The highest BCUT2D eigenvalue weighted by molar-refractivity contribution is 6.44. The summed E-state index contributed by atoms with van der Waals surface area (Å²) in [6.07, 6.45) is 0.123. The molecule has 1 fully saturated rings. The number of hydrogen-bond donors (Lipinski definition) is 1. The monoisotopic (exact) mass is 272 g/mol. The first-order valence-corrected chi connectivity index (χ1v) is 5.80. The van der Waals surface area contributed by atoms with E-state index in [-0.39, 0.29) is 18.9 Å². The van der Waals surface area contributed by atoms with E-state index >= 15 is 0 Å². The molecule has 1 aromatic carbocycles. The number of nitrogens with zero attached hydrogens (tertiary/aromatic N) is 1. The Morgan fingerprint density at radius 2 is 2.12 bits per heavy atom. The van der Waals surface area contributed by atoms with Crippen molar-refractivity contribution < 1.29 is 9.59 Å². The highest BCUT2D eigenvalue weighted by Crippen LogP contribution is 2.35. The van der Waals surface area contributed by atoms with E-state index in [9.17, 15) is 9.59 Å². The Bertz CT molecular complexity index is 490. The van der Waals surface area contributed by atoms with Crippen LogP contribution in [0.4, 0.5) is 5.69 Å². The van der Waals surface area contributed by atoms with Crippen LogP contribution in [0.1, 0.15) is 6.42 Å². The van der Waals surface area contributed by atoms with E-state index in [0.717, 1.165) is 0 Å². The summed E-state index contributed by atoms with van der Waals surface area (Å²) in [7, 11) is 0. The molecule has 2 amide bonds. The zero-order valence-electron chi connectivity index (χ0n) is 8.82. The van der Waals surface area contributed by atoms with E-state index < -0.39 is 11.8 Å². The van der Waals surface area contributed by atoms with Crippen molar-refractivity contribution in [2.24, 2.45) is 11.7 Å². The largest absolute Gasteiger partial charge is 0.369 e. The van der Waals surface area contributed by atoms with E-state index in [4.69, 9.17) is 28.9 Å². The minimum atomic E-state index is -0.473. The molecular formula is C11H10Cl2N2O2. The molecule has 90 valence electrons. The van der Waals surface area contributed by atoms with Crippen molar-refractivity contribution in [3.05, 3.63) is 28.2 Å². The molecule has 1 aliphatic heterocycles. The summed E-state index contributed by atoms with van der Waals surface area (Å²) in [6, 6.07) is 5.03. The summed E-state index contributed by atoms with van der Waals surface area (Å²) < 4.78 is 0. The topological polar surface area (TPSA) is 63.4 Å². The molecule has 17 heavy (non-hydrogen) atoms. The van der Waals surface area contributed by atoms with Crippen LogP contribution in [0.25, 0.3) is 0 Å². The van der Waals surface area contributed by atoms with Crippen molar-refractivity contribution in [1.82, 2.24) is 0 Å². The first kappa shape index (κ1) is 12.2. The van der Waals surface area contributed by atoms with Crippen molar-refractivity contribution in [2.75, 3.05) is 11.4 Å². The van der Waals surface area contributed by atoms with Crippen LogP contribution in [0, 0.1) is 5.92 Å². The maximum absolute atomic E-state index is 11.8. The molecule has 1 unspecified atom stereocenters. The van der Waals surface area contributed by atoms with Crippen molar-refractivity contribution in [3.63, 3.8) is 0 Å². The van der Waals surface area contributed by atoms with Crippen LogP contribution >= 0.6 is 23.2 Å². The molecule has 1 aliphatic rings. The summed E-state index contributed by atoms with van der Waals surface area (Å²) in [5.74, 6) is -1.10. The number of nitrogens with two attached hydrogens (primary N) is 1. The van der Waals surface area contributed by atoms with Crippen molar-refractivity contribution in [1.29, 1.82) is 0 Å². The lowest BCUT2D eigenvalue weighted by Gasteiger charge is -2.18. The fourth-order valence-corrected chi connectivity index (χ4v) is 2.23. The van der Waals surface area contributed by atoms with E-state index in [1.807, 2.05) is 0 Å². The van der Waals surface area contributed by atoms with Gasteiger partial charge in [0.15, 0.2) is 0 Å². The second-order valence-electron chi connectivity index (χ2n) is 3.88. The number of carbonyl (C=O) groups is 2. The van der Waals surface area contributed by atoms with Gasteiger partial charge in [-0.05, 0) is 12.1 Å². The smallest absolute Gasteiger partial charge is 0.227 e. The Labute approximate surface area is 108 Å². The van der Waals surface area contributed by atoms with Crippen LogP contribution in [0.15, 0.2) is 18.2 Å². The van der Waals surface area contributed by atoms with Gasteiger partial charge in [0.25, 0.3) is 0 Å². The zero-order valence-corrected chi connectivity index (χ0v) is 10.3. The van der Waals surface area contributed by atoms with E-state index in [0.29, 0.717) is 15.7 Å². The lowest BCUT2D eigenvalue weighted by Crippen LogP contribution is -2.28. The third kappa shape index (κ3) is 2.23. The van der Waals surface area contributed by atoms with Crippen molar-refractivity contribution >= 4 is 40.7 Å². The highest BCUT2D eigenvalue weighted by Gasteiger charge is 2.34. The molecule has 4 nitrogen and oxygen atoms in total. The Morgan fingerprint density at radius 1 is 1.41 bits per heavy atom. The van der Waals surface area contributed by atoms with Crippen LogP contribution in [0.5, 0.6) is 0 Å². The number of anilines is 1. The normalized spacial score (nSPS) is 19.8. The summed E-state index contributed by atoms with van der Waals surface area (Å²) in [6.45, 7) is 0.258. The van der Waals surface area contributed by atoms with E-state index in [1.165, 1.54) is 4.90 Å². The summed E-state index contributed by atoms with van der Waals surface area (Å²) in [5.41, 5.74) is 5.71. The first-order chi connectivity index (χ1) is 8.00. The Hall–Kier alpha value is -1.26. The summed E-state index contributed by atoms with van der Waals surface area (Å²) in [5, 5.41) is 0.687.